The lowest BCUT2D eigenvalue weighted by molar-refractivity contribution is -0.385. The van der Waals surface area contributed by atoms with Gasteiger partial charge < -0.3 is 10.5 Å². The number of ether oxygens (including phenoxy) is 1. The number of nitrogens with two attached hydrogens (primary N) is 1. The summed E-state index contributed by atoms with van der Waals surface area (Å²) < 4.78 is 4.52. The SMILES string of the molecule is COC(=O)c1c(C=NNC(N)=S)cccc1[N+](=O)[O-]. The zero-order valence-corrected chi connectivity index (χ0v) is 10.6. The number of hydrazone groups is 1. The lowest BCUT2D eigenvalue weighted by Crippen LogP contribution is -2.24. The lowest BCUT2D eigenvalue weighted by Gasteiger charge is -2.04. The third kappa shape index (κ3) is 3.71. The largest absolute Gasteiger partial charge is 0.465 e. The molecule has 0 saturated carbocycles. The van der Waals surface area contributed by atoms with Crippen molar-refractivity contribution >= 4 is 35.2 Å². The van der Waals surface area contributed by atoms with Crippen LogP contribution in [0.5, 0.6) is 0 Å². The van der Waals surface area contributed by atoms with Gasteiger partial charge in [0, 0.05) is 11.6 Å². The Morgan fingerprint density at radius 3 is 2.84 bits per heavy atom. The highest BCUT2D eigenvalue weighted by atomic mass is 32.1. The van der Waals surface area contributed by atoms with Crippen LogP contribution in [0.3, 0.4) is 0 Å². The zero-order valence-electron chi connectivity index (χ0n) is 9.82. The molecule has 0 spiro atoms. The second-order valence-corrected chi connectivity index (χ2v) is 3.66. The minimum absolute atomic E-state index is 0.0682. The topological polar surface area (TPSA) is 120 Å². The van der Waals surface area contributed by atoms with Gasteiger partial charge in [0.05, 0.1) is 18.2 Å². The molecule has 9 heteroatoms. The fourth-order valence-electron chi connectivity index (χ4n) is 1.31. The predicted molar refractivity (Wildman–Crippen MR) is 72.0 cm³/mol. The molecule has 0 radical (unpaired) electrons. The van der Waals surface area contributed by atoms with Crippen molar-refractivity contribution in [3.63, 3.8) is 0 Å². The van der Waals surface area contributed by atoms with Crippen LogP contribution >= 0.6 is 12.2 Å². The summed E-state index contributed by atoms with van der Waals surface area (Å²) in [5.74, 6) is -0.830. The van der Waals surface area contributed by atoms with Gasteiger partial charge in [-0.1, -0.05) is 12.1 Å². The second kappa shape index (κ2) is 6.40. The number of esters is 1. The number of nitrogens with zero attached hydrogens (tertiary/aromatic N) is 2. The number of nitro groups is 1. The van der Waals surface area contributed by atoms with Crippen molar-refractivity contribution < 1.29 is 14.5 Å². The molecule has 0 unspecified atom stereocenters. The molecule has 0 bridgehead atoms. The first-order chi connectivity index (χ1) is 8.97. The highest BCUT2D eigenvalue weighted by Crippen LogP contribution is 2.22. The molecule has 0 aliphatic heterocycles. The molecule has 1 aromatic carbocycles. The van der Waals surface area contributed by atoms with Crippen molar-refractivity contribution in [3.05, 3.63) is 39.4 Å². The second-order valence-electron chi connectivity index (χ2n) is 3.22. The summed E-state index contributed by atoms with van der Waals surface area (Å²) in [6.07, 6.45) is 1.19. The number of rotatable bonds is 4. The minimum atomic E-state index is -0.830. The van der Waals surface area contributed by atoms with Crippen molar-refractivity contribution in [2.45, 2.75) is 0 Å². The van der Waals surface area contributed by atoms with Gasteiger partial charge in [0.25, 0.3) is 5.69 Å². The van der Waals surface area contributed by atoms with Crippen LogP contribution in [0.1, 0.15) is 15.9 Å². The molecule has 1 aromatic rings. The molecule has 0 aliphatic rings. The first-order valence-corrected chi connectivity index (χ1v) is 5.32. The fourth-order valence-corrected chi connectivity index (χ4v) is 1.36. The quantitative estimate of drug-likeness (QED) is 0.272. The van der Waals surface area contributed by atoms with Gasteiger partial charge in [-0.25, -0.2) is 4.79 Å². The normalized spacial score (nSPS) is 10.2. The van der Waals surface area contributed by atoms with Gasteiger partial charge in [0.1, 0.15) is 5.56 Å². The number of thiocarbonyl (C=S) groups is 1. The van der Waals surface area contributed by atoms with E-state index in [2.05, 4.69) is 27.5 Å². The lowest BCUT2D eigenvalue weighted by atomic mass is 10.1. The van der Waals surface area contributed by atoms with Gasteiger partial charge >= 0.3 is 5.97 Å². The Morgan fingerprint density at radius 2 is 2.32 bits per heavy atom. The smallest absolute Gasteiger partial charge is 0.345 e. The number of benzene rings is 1. The first-order valence-electron chi connectivity index (χ1n) is 4.91. The predicted octanol–water partition coefficient (Wildman–Crippen LogP) is 0.548. The summed E-state index contributed by atoms with van der Waals surface area (Å²) in [5.41, 5.74) is 7.10. The number of hydrogen-bond acceptors (Lipinski definition) is 6. The van der Waals surface area contributed by atoms with Crippen LogP contribution < -0.4 is 11.2 Å². The minimum Gasteiger partial charge on any atom is -0.465 e. The van der Waals surface area contributed by atoms with Crippen molar-refractivity contribution in [3.8, 4) is 0 Å². The van der Waals surface area contributed by atoms with Crippen molar-refractivity contribution in [2.24, 2.45) is 10.8 Å². The Bertz CT molecular complexity index is 558. The fraction of sp³-hybridized carbons (Fsp3) is 0.100. The van der Waals surface area contributed by atoms with E-state index in [1.54, 1.807) is 0 Å². The standard InChI is InChI=1S/C10H10N4O4S/c1-18-9(15)8-6(5-12-13-10(11)19)3-2-4-7(8)14(16)17/h2-5H,1H3,(H3,11,13,19). The third-order valence-electron chi connectivity index (χ3n) is 2.04. The van der Waals surface area contributed by atoms with Crippen LogP contribution in [-0.2, 0) is 4.74 Å². The summed E-state index contributed by atoms with van der Waals surface area (Å²) in [6.45, 7) is 0. The van der Waals surface area contributed by atoms with E-state index in [0.717, 1.165) is 7.11 Å². The molecule has 0 heterocycles. The molecular formula is C10H10N4O4S. The van der Waals surface area contributed by atoms with Crippen molar-refractivity contribution in [2.75, 3.05) is 7.11 Å². The molecule has 0 fully saturated rings. The van der Waals surface area contributed by atoms with E-state index in [4.69, 9.17) is 5.73 Å². The summed E-state index contributed by atoms with van der Waals surface area (Å²) in [7, 11) is 1.13. The van der Waals surface area contributed by atoms with E-state index in [1.165, 1.54) is 24.4 Å². The maximum Gasteiger partial charge on any atom is 0.345 e. The highest BCUT2D eigenvalue weighted by Gasteiger charge is 2.23. The summed E-state index contributed by atoms with van der Waals surface area (Å²) >= 11 is 4.54. The Morgan fingerprint density at radius 1 is 1.63 bits per heavy atom. The van der Waals surface area contributed by atoms with Gasteiger partial charge in [-0.05, 0) is 12.2 Å². The molecule has 0 aromatic heterocycles. The zero-order chi connectivity index (χ0) is 14.4. The Kier molecular flexibility index (Phi) is 4.89. The van der Waals surface area contributed by atoms with Crippen LogP contribution in [0.2, 0.25) is 0 Å². The summed E-state index contributed by atoms with van der Waals surface area (Å²) in [5, 5.41) is 14.5. The Hall–Kier alpha value is -2.55. The molecule has 100 valence electrons. The molecule has 1 rings (SSSR count). The summed E-state index contributed by atoms with van der Waals surface area (Å²) in [4.78, 5) is 21.8. The van der Waals surface area contributed by atoms with Crippen molar-refractivity contribution in [1.82, 2.24) is 5.43 Å². The van der Waals surface area contributed by atoms with E-state index in [1.807, 2.05) is 0 Å². The molecule has 0 saturated heterocycles. The molecular weight excluding hydrogens is 272 g/mol. The van der Waals surface area contributed by atoms with E-state index < -0.39 is 10.9 Å². The van der Waals surface area contributed by atoms with E-state index in [0.29, 0.717) is 0 Å². The van der Waals surface area contributed by atoms with E-state index >= 15 is 0 Å². The van der Waals surface area contributed by atoms with Crippen LogP contribution in [0.25, 0.3) is 0 Å². The molecule has 8 nitrogen and oxygen atoms in total. The van der Waals surface area contributed by atoms with Crippen LogP contribution in [0, 0.1) is 10.1 Å². The van der Waals surface area contributed by atoms with Crippen LogP contribution in [-0.4, -0.2) is 29.3 Å². The number of nitro benzene ring substituents is 1. The van der Waals surface area contributed by atoms with Gasteiger partial charge in [0.15, 0.2) is 5.11 Å². The number of methoxy groups -OCH3 is 1. The van der Waals surface area contributed by atoms with Gasteiger partial charge in [-0.15, -0.1) is 0 Å². The number of nitrogens with one attached hydrogen (secondary N) is 1. The maximum atomic E-state index is 11.6. The van der Waals surface area contributed by atoms with Gasteiger partial charge in [-0.3, -0.25) is 15.5 Å². The summed E-state index contributed by atoms with van der Waals surface area (Å²) in [6, 6.07) is 4.10. The van der Waals surface area contributed by atoms with Gasteiger partial charge in [0.2, 0.25) is 0 Å². The third-order valence-corrected chi connectivity index (χ3v) is 2.13. The number of carbonyl (C=O) groups excluding carboxylic acids is 1. The maximum absolute atomic E-state index is 11.6. The van der Waals surface area contributed by atoms with Crippen molar-refractivity contribution in [1.29, 1.82) is 0 Å². The first kappa shape index (κ1) is 14.5. The van der Waals surface area contributed by atoms with Crippen LogP contribution in [0.4, 0.5) is 5.69 Å². The van der Waals surface area contributed by atoms with Crippen LogP contribution in [0.15, 0.2) is 23.3 Å². The number of carbonyl (C=O) groups is 1. The van der Waals surface area contributed by atoms with Gasteiger partial charge in [-0.2, -0.15) is 5.10 Å². The molecule has 19 heavy (non-hydrogen) atoms. The number of hydrogen-bond donors (Lipinski definition) is 2. The molecule has 0 atom stereocenters. The average Bonchev–Trinajstić information content (AvgIpc) is 2.37. The molecule has 0 aliphatic carbocycles. The Labute approximate surface area is 113 Å². The molecule has 0 amide bonds. The monoisotopic (exact) mass is 282 g/mol. The highest BCUT2D eigenvalue weighted by molar-refractivity contribution is 7.80. The van der Waals surface area contributed by atoms with E-state index in [-0.39, 0.29) is 21.9 Å². The average molecular weight is 282 g/mol. The molecule has 3 N–H and O–H groups in total. The van der Waals surface area contributed by atoms with E-state index in [9.17, 15) is 14.9 Å². The Balaban J connectivity index is 3.27.